The minimum Gasteiger partial charge on any atom is -0.497 e. The molecule has 5 nitrogen and oxygen atoms in total. The first-order chi connectivity index (χ1) is 12.3. The van der Waals surface area contributed by atoms with Crippen LogP contribution in [0.1, 0.15) is 47.8 Å². The van der Waals surface area contributed by atoms with E-state index in [1.165, 1.54) is 0 Å². The standard InChI is InChI=1S/C21H25NO4/c1-13-10-14(6-9-18(13)25-5)20(23)22-17-12-21(2,3)26-19-11-15(24-4)7-8-16(17)19/h6-11,17H,12H2,1-5H3,(H,22,23)/t17-/m1/s1. The smallest absolute Gasteiger partial charge is 0.251 e. The van der Waals surface area contributed by atoms with Crippen LogP contribution in [0.25, 0.3) is 0 Å². The second-order valence-corrected chi connectivity index (χ2v) is 7.18. The van der Waals surface area contributed by atoms with Crippen LogP contribution in [0.5, 0.6) is 17.2 Å². The fraction of sp³-hybridized carbons (Fsp3) is 0.381. The highest BCUT2D eigenvalue weighted by atomic mass is 16.5. The molecule has 0 aromatic heterocycles. The highest BCUT2D eigenvalue weighted by Crippen LogP contribution is 2.41. The van der Waals surface area contributed by atoms with Gasteiger partial charge in [0.1, 0.15) is 22.8 Å². The van der Waals surface area contributed by atoms with E-state index in [1.54, 1.807) is 20.3 Å². The molecule has 5 heteroatoms. The fourth-order valence-electron chi connectivity index (χ4n) is 3.35. The molecule has 0 fully saturated rings. The van der Waals surface area contributed by atoms with E-state index < -0.39 is 0 Å². The number of ether oxygens (including phenoxy) is 3. The Morgan fingerprint density at radius 2 is 1.92 bits per heavy atom. The zero-order valence-electron chi connectivity index (χ0n) is 15.9. The first-order valence-corrected chi connectivity index (χ1v) is 8.65. The van der Waals surface area contributed by atoms with Crippen LogP contribution < -0.4 is 19.5 Å². The number of amides is 1. The van der Waals surface area contributed by atoms with Crippen molar-refractivity contribution in [2.75, 3.05) is 14.2 Å². The van der Waals surface area contributed by atoms with E-state index in [9.17, 15) is 4.79 Å². The predicted octanol–water partition coefficient (Wildman–Crippen LogP) is 4.04. The summed E-state index contributed by atoms with van der Waals surface area (Å²) in [5.74, 6) is 2.14. The fourth-order valence-corrected chi connectivity index (χ4v) is 3.35. The molecule has 0 saturated carbocycles. The lowest BCUT2D eigenvalue weighted by molar-refractivity contribution is 0.0617. The molecule has 3 rings (SSSR count). The van der Waals surface area contributed by atoms with Gasteiger partial charge in [-0.05, 0) is 56.7 Å². The molecule has 1 N–H and O–H groups in total. The summed E-state index contributed by atoms with van der Waals surface area (Å²) in [5, 5.41) is 3.15. The average molecular weight is 355 g/mol. The number of carbonyl (C=O) groups is 1. The monoisotopic (exact) mass is 355 g/mol. The van der Waals surface area contributed by atoms with Gasteiger partial charge in [-0.25, -0.2) is 0 Å². The molecule has 26 heavy (non-hydrogen) atoms. The summed E-state index contributed by atoms with van der Waals surface area (Å²) in [7, 11) is 3.25. The van der Waals surface area contributed by atoms with Crippen molar-refractivity contribution >= 4 is 5.91 Å². The van der Waals surface area contributed by atoms with Gasteiger partial charge in [0.25, 0.3) is 5.91 Å². The molecule has 2 aromatic rings. The quantitative estimate of drug-likeness (QED) is 0.899. The zero-order chi connectivity index (χ0) is 18.9. The van der Waals surface area contributed by atoms with Gasteiger partial charge < -0.3 is 19.5 Å². The summed E-state index contributed by atoms with van der Waals surface area (Å²) in [5.41, 5.74) is 2.12. The molecule has 2 aromatic carbocycles. The molecule has 1 atom stereocenters. The van der Waals surface area contributed by atoms with Gasteiger partial charge in [-0.1, -0.05) is 0 Å². The van der Waals surface area contributed by atoms with Crippen molar-refractivity contribution in [2.24, 2.45) is 0 Å². The largest absolute Gasteiger partial charge is 0.497 e. The highest BCUT2D eigenvalue weighted by Gasteiger charge is 2.35. The normalized spacial score (nSPS) is 17.7. The number of benzene rings is 2. The van der Waals surface area contributed by atoms with Gasteiger partial charge in [0.05, 0.1) is 20.3 Å². The second-order valence-electron chi connectivity index (χ2n) is 7.18. The Labute approximate surface area is 154 Å². The number of fused-ring (bicyclic) bond motifs is 1. The molecule has 1 aliphatic heterocycles. The Balaban J connectivity index is 1.87. The summed E-state index contributed by atoms with van der Waals surface area (Å²) in [6.45, 7) is 5.97. The minimum absolute atomic E-state index is 0.111. The summed E-state index contributed by atoms with van der Waals surface area (Å²) >= 11 is 0. The highest BCUT2D eigenvalue weighted by molar-refractivity contribution is 5.95. The number of aryl methyl sites for hydroxylation is 1. The van der Waals surface area contributed by atoms with E-state index in [2.05, 4.69) is 5.32 Å². The molecule has 0 spiro atoms. The van der Waals surface area contributed by atoms with Gasteiger partial charge in [-0.3, -0.25) is 4.79 Å². The number of hydrogen-bond acceptors (Lipinski definition) is 4. The molecule has 1 aliphatic rings. The van der Waals surface area contributed by atoms with E-state index in [4.69, 9.17) is 14.2 Å². The SMILES string of the molecule is COc1ccc2c(c1)OC(C)(C)C[C@H]2NC(=O)c1ccc(OC)c(C)c1. The third-order valence-electron chi connectivity index (χ3n) is 4.64. The van der Waals surface area contributed by atoms with Crippen LogP contribution in [0.3, 0.4) is 0 Å². The molecule has 0 radical (unpaired) electrons. The van der Waals surface area contributed by atoms with Crippen molar-refractivity contribution in [3.05, 3.63) is 53.1 Å². The third-order valence-corrected chi connectivity index (χ3v) is 4.64. The van der Waals surface area contributed by atoms with E-state index in [0.717, 1.165) is 28.4 Å². The number of nitrogens with one attached hydrogen (secondary N) is 1. The topological polar surface area (TPSA) is 56.8 Å². The lowest BCUT2D eigenvalue weighted by Gasteiger charge is -2.38. The van der Waals surface area contributed by atoms with Crippen LogP contribution in [0, 0.1) is 6.92 Å². The maximum Gasteiger partial charge on any atom is 0.251 e. The molecule has 1 amide bonds. The Hall–Kier alpha value is -2.69. The van der Waals surface area contributed by atoms with Crippen LogP contribution >= 0.6 is 0 Å². The number of methoxy groups -OCH3 is 2. The number of hydrogen-bond donors (Lipinski definition) is 1. The van der Waals surface area contributed by atoms with Gasteiger partial charge in [-0.2, -0.15) is 0 Å². The minimum atomic E-state index is -0.382. The van der Waals surface area contributed by atoms with Gasteiger partial charge in [0.2, 0.25) is 0 Å². The van der Waals surface area contributed by atoms with Crippen molar-refractivity contribution in [3.8, 4) is 17.2 Å². The van der Waals surface area contributed by atoms with Crippen LogP contribution in [0.2, 0.25) is 0 Å². The Morgan fingerprint density at radius 3 is 2.58 bits per heavy atom. The molecule has 1 heterocycles. The van der Waals surface area contributed by atoms with E-state index in [1.807, 2.05) is 51.1 Å². The summed E-state index contributed by atoms with van der Waals surface area (Å²) in [6.07, 6.45) is 0.688. The van der Waals surface area contributed by atoms with Crippen molar-refractivity contribution in [3.63, 3.8) is 0 Å². The number of rotatable bonds is 4. The maximum atomic E-state index is 12.8. The van der Waals surface area contributed by atoms with Crippen molar-refractivity contribution < 1.29 is 19.0 Å². The Bertz CT molecular complexity index is 829. The number of carbonyl (C=O) groups excluding carboxylic acids is 1. The molecular formula is C21H25NO4. The molecule has 0 bridgehead atoms. The lowest BCUT2D eigenvalue weighted by Crippen LogP contribution is -2.41. The van der Waals surface area contributed by atoms with E-state index in [0.29, 0.717) is 12.0 Å². The van der Waals surface area contributed by atoms with Gasteiger partial charge in [0.15, 0.2) is 0 Å². The maximum absolute atomic E-state index is 12.8. The molecule has 0 unspecified atom stereocenters. The molecular weight excluding hydrogens is 330 g/mol. The van der Waals surface area contributed by atoms with Crippen LogP contribution in [-0.4, -0.2) is 25.7 Å². The van der Waals surface area contributed by atoms with Gasteiger partial charge >= 0.3 is 0 Å². The molecule has 0 saturated heterocycles. The second kappa shape index (κ2) is 6.90. The summed E-state index contributed by atoms with van der Waals surface area (Å²) in [4.78, 5) is 12.8. The Morgan fingerprint density at radius 1 is 1.15 bits per heavy atom. The van der Waals surface area contributed by atoms with Crippen LogP contribution in [0.15, 0.2) is 36.4 Å². The van der Waals surface area contributed by atoms with Crippen LogP contribution in [0.4, 0.5) is 0 Å². The molecule has 0 aliphatic carbocycles. The lowest BCUT2D eigenvalue weighted by atomic mass is 9.89. The van der Waals surface area contributed by atoms with Crippen LogP contribution in [-0.2, 0) is 0 Å². The zero-order valence-corrected chi connectivity index (χ0v) is 15.9. The third kappa shape index (κ3) is 3.62. The summed E-state index contributed by atoms with van der Waals surface area (Å²) < 4.78 is 16.6. The van der Waals surface area contributed by atoms with Gasteiger partial charge in [0, 0.05) is 23.6 Å². The van der Waals surface area contributed by atoms with Crippen molar-refractivity contribution in [1.29, 1.82) is 0 Å². The first-order valence-electron chi connectivity index (χ1n) is 8.65. The van der Waals surface area contributed by atoms with E-state index in [-0.39, 0.29) is 17.6 Å². The first kappa shape index (κ1) is 18.1. The van der Waals surface area contributed by atoms with E-state index >= 15 is 0 Å². The molecule has 138 valence electrons. The van der Waals surface area contributed by atoms with Gasteiger partial charge in [-0.15, -0.1) is 0 Å². The predicted molar refractivity (Wildman–Crippen MR) is 100 cm³/mol. The van der Waals surface area contributed by atoms with Crippen molar-refractivity contribution in [2.45, 2.75) is 38.8 Å². The Kier molecular flexibility index (Phi) is 4.81. The van der Waals surface area contributed by atoms with Crippen molar-refractivity contribution in [1.82, 2.24) is 5.32 Å². The summed E-state index contributed by atoms with van der Waals surface area (Å²) in [6, 6.07) is 11.0. The average Bonchev–Trinajstić information content (AvgIpc) is 2.60.